The Kier molecular flexibility index (Phi) is 4.85. The van der Waals surface area contributed by atoms with Gasteiger partial charge in [0.25, 0.3) is 0 Å². The van der Waals surface area contributed by atoms with Gasteiger partial charge in [-0.05, 0) is 29.3 Å². The molecule has 3 N–H and O–H groups in total. The molecule has 0 saturated carbocycles. The molecule has 0 saturated heterocycles. The van der Waals surface area contributed by atoms with Gasteiger partial charge in [0.2, 0.25) is 5.91 Å². The zero-order chi connectivity index (χ0) is 26.7. The number of rotatable bonds is 4. The van der Waals surface area contributed by atoms with E-state index in [0.29, 0.717) is 0 Å². The second-order valence-corrected chi connectivity index (χ2v) is 10.3. The predicted octanol–water partition coefficient (Wildman–Crippen LogP) is 8.27. The summed E-state index contributed by atoms with van der Waals surface area (Å²) in [5, 5.41) is 5.34. The molecule has 1 amide bonds. The average molecular weight is 516 g/mol. The zero-order valence-corrected chi connectivity index (χ0v) is 21.6. The molecule has 5 aromatic carbocycles. The van der Waals surface area contributed by atoms with E-state index in [0.717, 1.165) is 66.7 Å². The fraction of sp³-hybridized carbons (Fsp3) is 0.0278. The van der Waals surface area contributed by atoms with Crippen molar-refractivity contribution in [3.05, 3.63) is 150 Å². The topological polar surface area (TPSA) is 60.7 Å². The van der Waals surface area contributed by atoms with E-state index in [1.54, 1.807) is 0 Å². The van der Waals surface area contributed by atoms with Crippen LogP contribution >= 0.6 is 0 Å². The van der Waals surface area contributed by atoms with Gasteiger partial charge in [-0.25, -0.2) is 0 Å². The van der Waals surface area contributed by atoms with Gasteiger partial charge in [-0.15, -0.1) is 0 Å². The number of carbonyl (C=O) groups excluding carboxylic acids is 1. The Bertz CT molecular complexity index is 1930. The molecule has 1 aliphatic heterocycles. The van der Waals surface area contributed by atoms with Crippen molar-refractivity contribution in [1.29, 1.82) is 0 Å². The monoisotopic (exact) mass is 515 g/mol. The van der Waals surface area contributed by atoms with Gasteiger partial charge < -0.3 is 15.3 Å². The fourth-order valence-corrected chi connectivity index (χ4v) is 6.58. The number of amides is 1. The van der Waals surface area contributed by atoms with Crippen LogP contribution in [0, 0.1) is 0 Å². The molecule has 1 aliphatic rings. The van der Waals surface area contributed by atoms with Gasteiger partial charge in [0, 0.05) is 44.2 Å². The van der Waals surface area contributed by atoms with E-state index < -0.39 is 5.41 Å². The van der Waals surface area contributed by atoms with Gasteiger partial charge in [0.05, 0.1) is 11.4 Å². The van der Waals surface area contributed by atoms with Crippen LogP contribution < -0.4 is 5.32 Å². The minimum atomic E-state index is -1.13. The molecule has 0 fully saturated rings. The summed E-state index contributed by atoms with van der Waals surface area (Å²) in [4.78, 5) is 22.3. The Morgan fingerprint density at radius 1 is 0.475 bits per heavy atom. The third kappa shape index (κ3) is 3.04. The van der Waals surface area contributed by atoms with Gasteiger partial charge in [-0.1, -0.05) is 115 Å². The molecule has 4 heteroatoms. The lowest BCUT2D eigenvalue weighted by molar-refractivity contribution is -0.118. The maximum Gasteiger partial charge on any atom is 0.244 e. The molecule has 8 rings (SSSR count). The van der Waals surface area contributed by atoms with Gasteiger partial charge in [-0.2, -0.15) is 0 Å². The highest BCUT2D eigenvalue weighted by atomic mass is 16.2. The Morgan fingerprint density at radius 2 is 0.925 bits per heavy atom. The number of hydrogen-bond acceptors (Lipinski definition) is 1. The molecule has 40 heavy (non-hydrogen) atoms. The average Bonchev–Trinajstić information content (AvgIpc) is 3.68. The predicted molar refractivity (Wildman–Crippen MR) is 162 cm³/mol. The standard InChI is InChI=1S/C36H25N3O/c40-35-36(27-19-9-12-22-30(27)39-35,31-25-17-7-10-20-28(25)37-33(31)23-13-3-1-4-14-23)32-26-18-8-11-21-29(26)38-34(32)24-15-5-2-6-16-24/h1-22,37-38H,(H,39,40). The number of para-hydroxylation sites is 3. The van der Waals surface area contributed by atoms with Crippen molar-refractivity contribution in [2.45, 2.75) is 5.41 Å². The minimum Gasteiger partial charge on any atom is -0.354 e. The lowest BCUT2D eigenvalue weighted by Crippen LogP contribution is -2.37. The Hall–Kier alpha value is -5.35. The summed E-state index contributed by atoms with van der Waals surface area (Å²) in [6.07, 6.45) is 0. The lowest BCUT2D eigenvalue weighted by atomic mass is 9.67. The zero-order valence-electron chi connectivity index (χ0n) is 21.6. The summed E-state index contributed by atoms with van der Waals surface area (Å²) in [7, 11) is 0. The van der Waals surface area contributed by atoms with Crippen LogP contribution in [0.15, 0.2) is 133 Å². The minimum absolute atomic E-state index is 0.0578. The first-order valence-electron chi connectivity index (χ1n) is 13.5. The van der Waals surface area contributed by atoms with Crippen molar-refractivity contribution in [2.75, 3.05) is 5.32 Å². The van der Waals surface area contributed by atoms with Crippen LogP contribution in [0.3, 0.4) is 0 Å². The van der Waals surface area contributed by atoms with Gasteiger partial charge in [0.15, 0.2) is 0 Å². The maximum absolute atomic E-state index is 14.9. The molecule has 0 unspecified atom stereocenters. The number of aromatic nitrogens is 2. The van der Waals surface area contributed by atoms with Crippen molar-refractivity contribution in [1.82, 2.24) is 9.97 Å². The van der Waals surface area contributed by atoms with Gasteiger partial charge in [0.1, 0.15) is 5.41 Å². The van der Waals surface area contributed by atoms with Gasteiger partial charge >= 0.3 is 0 Å². The summed E-state index contributed by atoms with van der Waals surface area (Å²) in [5.74, 6) is -0.0578. The van der Waals surface area contributed by atoms with Crippen LogP contribution in [0.2, 0.25) is 0 Å². The van der Waals surface area contributed by atoms with Crippen molar-refractivity contribution >= 4 is 33.4 Å². The number of fused-ring (bicyclic) bond motifs is 3. The Morgan fingerprint density at radius 3 is 1.48 bits per heavy atom. The molecule has 0 aliphatic carbocycles. The number of hydrogen-bond donors (Lipinski definition) is 3. The molecular formula is C36H25N3O. The maximum atomic E-state index is 14.9. The molecule has 0 radical (unpaired) electrons. The molecule has 0 spiro atoms. The lowest BCUT2D eigenvalue weighted by Gasteiger charge is -2.31. The van der Waals surface area contributed by atoms with Crippen LogP contribution in [-0.4, -0.2) is 15.9 Å². The third-order valence-electron chi connectivity index (χ3n) is 8.21. The molecular weight excluding hydrogens is 490 g/mol. The largest absolute Gasteiger partial charge is 0.354 e. The Balaban J connectivity index is 1.62. The molecule has 2 aromatic heterocycles. The Labute approximate surface area is 231 Å². The first-order chi connectivity index (χ1) is 19.8. The number of aromatic amines is 2. The van der Waals surface area contributed by atoms with Gasteiger partial charge in [-0.3, -0.25) is 4.79 Å². The highest BCUT2D eigenvalue weighted by Crippen LogP contribution is 2.56. The molecule has 4 nitrogen and oxygen atoms in total. The summed E-state index contributed by atoms with van der Waals surface area (Å²) >= 11 is 0. The van der Waals surface area contributed by atoms with Crippen LogP contribution in [0.4, 0.5) is 5.69 Å². The van der Waals surface area contributed by atoms with E-state index in [-0.39, 0.29) is 5.91 Å². The molecule has 3 heterocycles. The van der Waals surface area contributed by atoms with Crippen LogP contribution in [-0.2, 0) is 10.2 Å². The first-order valence-corrected chi connectivity index (χ1v) is 13.5. The van der Waals surface area contributed by atoms with E-state index >= 15 is 0 Å². The number of nitrogens with one attached hydrogen (secondary N) is 3. The molecule has 7 aromatic rings. The molecule has 0 bridgehead atoms. The normalized spacial score (nSPS) is 13.9. The van der Waals surface area contributed by atoms with Crippen LogP contribution in [0.5, 0.6) is 0 Å². The number of H-pyrrole nitrogens is 2. The van der Waals surface area contributed by atoms with Crippen molar-refractivity contribution < 1.29 is 4.79 Å². The summed E-state index contributed by atoms with van der Waals surface area (Å²) in [6.45, 7) is 0. The summed E-state index contributed by atoms with van der Waals surface area (Å²) in [6, 6.07) is 45.3. The van der Waals surface area contributed by atoms with E-state index in [9.17, 15) is 4.79 Å². The molecule has 0 atom stereocenters. The number of carbonyl (C=O) groups is 1. The van der Waals surface area contributed by atoms with Crippen LogP contribution in [0.1, 0.15) is 16.7 Å². The number of benzene rings is 5. The second-order valence-electron chi connectivity index (χ2n) is 10.3. The van der Waals surface area contributed by atoms with Crippen LogP contribution in [0.25, 0.3) is 44.3 Å². The first kappa shape index (κ1) is 22.6. The summed E-state index contributed by atoms with van der Waals surface area (Å²) < 4.78 is 0. The SMILES string of the molecule is O=C1Nc2ccccc2C1(c1c(-c2ccccc2)[nH]c2ccccc12)c1c(-c2ccccc2)[nH]c2ccccc12. The highest BCUT2D eigenvalue weighted by molar-refractivity contribution is 6.18. The van der Waals surface area contributed by atoms with E-state index in [1.165, 1.54) is 0 Å². The van der Waals surface area contributed by atoms with Crippen molar-refractivity contribution in [3.63, 3.8) is 0 Å². The summed E-state index contributed by atoms with van der Waals surface area (Å²) in [5.41, 5.74) is 8.51. The third-order valence-corrected chi connectivity index (χ3v) is 8.21. The van der Waals surface area contributed by atoms with E-state index in [2.05, 4.69) is 69.9 Å². The van der Waals surface area contributed by atoms with Crippen molar-refractivity contribution in [2.24, 2.45) is 0 Å². The van der Waals surface area contributed by atoms with E-state index in [1.807, 2.05) is 78.9 Å². The van der Waals surface area contributed by atoms with E-state index in [4.69, 9.17) is 0 Å². The highest BCUT2D eigenvalue weighted by Gasteiger charge is 2.54. The quantitative estimate of drug-likeness (QED) is 0.217. The smallest absolute Gasteiger partial charge is 0.244 e. The fourth-order valence-electron chi connectivity index (χ4n) is 6.58. The second kappa shape index (κ2) is 8.58. The molecule has 190 valence electrons. The van der Waals surface area contributed by atoms with Crippen molar-refractivity contribution in [3.8, 4) is 22.5 Å². The number of anilines is 1.